The van der Waals surface area contributed by atoms with E-state index in [1.165, 1.54) is 18.4 Å². The van der Waals surface area contributed by atoms with E-state index in [1.807, 2.05) is 24.3 Å². The highest BCUT2D eigenvalue weighted by atomic mass is 16.5. The number of ether oxygens (including phenoxy) is 1. The average Bonchev–Trinajstić information content (AvgIpc) is 3.09. The number of Topliss-reactive ketones (excluding diaryl/α,β-unsaturated/α-hetero) is 1. The number of methoxy groups -OCH3 is 1. The number of benzene rings is 1. The first-order valence-electron chi connectivity index (χ1n) is 10.1. The summed E-state index contributed by atoms with van der Waals surface area (Å²) in [4.78, 5) is 28.8. The second-order valence-corrected chi connectivity index (χ2v) is 7.35. The van der Waals surface area contributed by atoms with E-state index in [2.05, 4.69) is 16.4 Å². The molecule has 6 heteroatoms. The summed E-state index contributed by atoms with van der Waals surface area (Å²) in [5.74, 6) is 1.39. The van der Waals surface area contributed by atoms with Crippen molar-refractivity contribution in [2.75, 3.05) is 13.7 Å². The van der Waals surface area contributed by atoms with Crippen molar-refractivity contribution in [3.8, 4) is 17.2 Å². The Bertz CT molecular complexity index is 881. The molecule has 0 saturated heterocycles. The van der Waals surface area contributed by atoms with Crippen molar-refractivity contribution in [3.63, 3.8) is 0 Å². The van der Waals surface area contributed by atoms with Crippen molar-refractivity contribution in [1.82, 2.24) is 10.3 Å². The Labute approximate surface area is 171 Å². The number of hydrogen-bond donors (Lipinski definition) is 1. The van der Waals surface area contributed by atoms with Gasteiger partial charge in [-0.1, -0.05) is 11.6 Å². The number of carbonyl (C=O) groups excluding carboxylic acids is 2. The summed E-state index contributed by atoms with van der Waals surface area (Å²) in [7, 11) is 1.61. The van der Waals surface area contributed by atoms with Crippen molar-refractivity contribution in [2.24, 2.45) is 0 Å². The molecular formula is C23H28N2O4. The molecule has 0 radical (unpaired) electrons. The van der Waals surface area contributed by atoms with Crippen LogP contribution in [0.5, 0.6) is 5.75 Å². The van der Waals surface area contributed by atoms with E-state index in [4.69, 9.17) is 9.15 Å². The highest BCUT2D eigenvalue weighted by Crippen LogP contribution is 2.24. The summed E-state index contributed by atoms with van der Waals surface area (Å²) in [5.41, 5.74) is 2.79. The van der Waals surface area contributed by atoms with Crippen LogP contribution in [0.3, 0.4) is 0 Å². The van der Waals surface area contributed by atoms with E-state index in [0.29, 0.717) is 23.9 Å². The minimum absolute atomic E-state index is 0.0874. The standard InChI is InChI=1S/C23H28N2O4/c1-16-21(25-23(29-16)18-8-10-20(28-2)11-9-18)14-19(26)15-22(27)24-13-12-17-6-4-3-5-7-17/h6,8-11H,3-5,7,12-15H2,1-2H3,(H,24,27). The van der Waals surface area contributed by atoms with Crippen LogP contribution in [0.1, 0.15) is 50.0 Å². The lowest BCUT2D eigenvalue weighted by molar-refractivity contribution is -0.127. The van der Waals surface area contributed by atoms with Gasteiger partial charge in [-0.25, -0.2) is 4.98 Å². The molecule has 0 unspecified atom stereocenters. The largest absolute Gasteiger partial charge is 0.497 e. The maximum absolute atomic E-state index is 12.3. The number of aryl methyl sites for hydroxylation is 1. The predicted molar refractivity (Wildman–Crippen MR) is 111 cm³/mol. The van der Waals surface area contributed by atoms with Crippen LogP contribution in [-0.2, 0) is 16.0 Å². The Balaban J connectivity index is 1.49. The molecule has 0 bridgehead atoms. The Kier molecular flexibility index (Phi) is 7.22. The van der Waals surface area contributed by atoms with Crippen LogP contribution < -0.4 is 10.1 Å². The molecule has 6 nitrogen and oxygen atoms in total. The molecule has 0 fully saturated rings. The number of carbonyl (C=O) groups is 2. The first kappa shape index (κ1) is 20.8. The lowest BCUT2D eigenvalue weighted by Crippen LogP contribution is -2.27. The summed E-state index contributed by atoms with van der Waals surface area (Å²) in [6.45, 7) is 2.36. The number of oxazole rings is 1. The molecule has 0 aliphatic heterocycles. The van der Waals surface area contributed by atoms with Gasteiger partial charge in [-0.15, -0.1) is 0 Å². The molecule has 0 spiro atoms. The Morgan fingerprint density at radius 2 is 2.00 bits per heavy atom. The second-order valence-electron chi connectivity index (χ2n) is 7.35. The van der Waals surface area contributed by atoms with Gasteiger partial charge in [0.2, 0.25) is 11.8 Å². The molecule has 1 aliphatic rings. The highest BCUT2D eigenvalue weighted by Gasteiger charge is 2.17. The second kappa shape index (κ2) is 10.0. The SMILES string of the molecule is COc1ccc(-c2nc(CC(=O)CC(=O)NCCC3=CCCCC3)c(C)o2)cc1. The number of aromatic nitrogens is 1. The molecule has 1 N–H and O–H groups in total. The number of nitrogens with one attached hydrogen (secondary N) is 1. The van der Waals surface area contributed by atoms with Crippen molar-refractivity contribution in [3.05, 3.63) is 47.4 Å². The zero-order valence-electron chi connectivity index (χ0n) is 17.1. The van der Waals surface area contributed by atoms with Crippen LogP contribution in [0.25, 0.3) is 11.5 Å². The molecule has 2 aromatic rings. The third kappa shape index (κ3) is 6.04. The van der Waals surface area contributed by atoms with Crippen LogP contribution in [0.15, 0.2) is 40.3 Å². The van der Waals surface area contributed by atoms with Crippen molar-refractivity contribution < 1.29 is 18.7 Å². The number of amides is 1. The fourth-order valence-electron chi connectivity index (χ4n) is 3.43. The molecule has 1 aromatic carbocycles. The minimum atomic E-state index is -0.233. The molecule has 3 rings (SSSR count). The van der Waals surface area contributed by atoms with Gasteiger partial charge >= 0.3 is 0 Å². The Morgan fingerprint density at radius 3 is 2.69 bits per heavy atom. The van der Waals surface area contributed by atoms with Gasteiger partial charge in [0.25, 0.3) is 0 Å². The quantitative estimate of drug-likeness (QED) is 0.508. The maximum Gasteiger partial charge on any atom is 0.227 e. The molecule has 0 saturated carbocycles. The van der Waals surface area contributed by atoms with E-state index >= 15 is 0 Å². The molecule has 29 heavy (non-hydrogen) atoms. The summed E-state index contributed by atoms with van der Waals surface area (Å²) < 4.78 is 10.9. The molecule has 1 aromatic heterocycles. The minimum Gasteiger partial charge on any atom is -0.497 e. The van der Waals surface area contributed by atoms with Crippen LogP contribution in [-0.4, -0.2) is 30.3 Å². The van der Waals surface area contributed by atoms with Gasteiger partial charge < -0.3 is 14.5 Å². The van der Waals surface area contributed by atoms with Gasteiger partial charge in [-0.05, 0) is 63.3 Å². The van der Waals surface area contributed by atoms with Crippen LogP contribution >= 0.6 is 0 Å². The van der Waals surface area contributed by atoms with Gasteiger partial charge in [-0.3, -0.25) is 9.59 Å². The number of nitrogens with zero attached hydrogens (tertiary/aromatic N) is 1. The average molecular weight is 396 g/mol. The van der Waals surface area contributed by atoms with Crippen molar-refractivity contribution in [1.29, 1.82) is 0 Å². The van der Waals surface area contributed by atoms with Gasteiger partial charge in [0.15, 0.2) is 0 Å². The summed E-state index contributed by atoms with van der Waals surface area (Å²) in [6, 6.07) is 7.36. The van der Waals surface area contributed by atoms with E-state index < -0.39 is 0 Å². The zero-order chi connectivity index (χ0) is 20.6. The first-order valence-corrected chi connectivity index (χ1v) is 10.1. The lowest BCUT2D eigenvalue weighted by Gasteiger charge is -2.12. The third-order valence-electron chi connectivity index (χ3n) is 5.11. The molecule has 1 aliphatic carbocycles. The molecule has 1 amide bonds. The first-order chi connectivity index (χ1) is 14.0. The Morgan fingerprint density at radius 1 is 1.21 bits per heavy atom. The fourth-order valence-corrected chi connectivity index (χ4v) is 3.43. The zero-order valence-corrected chi connectivity index (χ0v) is 17.1. The van der Waals surface area contributed by atoms with Crippen LogP contribution in [0.4, 0.5) is 0 Å². The van der Waals surface area contributed by atoms with Crippen molar-refractivity contribution in [2.45, 2.75) is 51.9 Å². The molecular weight excluding hydrogens is 368 g/mol. The molecule has 154 valence electrons. The topological polar surface area (TPSA) is 81.4 Å². The predicted octanol–water partition coefficient (Wildman–Crippen LogP) is 4.17. The monoisotopic (exact) mass is 396 g/mol. The third-order valence-corrected chi connectivity index (χ3v) is 5.11. The maximum atomic E-state index is 12.3. The van der Waals surface area contributed by atoms with Gasteiger partial charge in [0, 0.05) is 12.1 Å². The number of allylic oxidation sites excluding steroid dienone is 1. The normalized spacial score (nSPS) is 13.7. The summed E-state index contributed by atoms with van der Waals surface area (Å²) in [5, 5.41) is 2.85. The van der Waals surface area contributed by atoms with Crippen molar-refractivity contribution >= 4 is 11.7 Å². The van der Waals surface area contributed by atoms with Crippen LogP contribution in [0.2, 0.25) is 0 Å². The van der Waals surface area contributed by atoms with E-state index in [0.717, 1.165) is 30.6 Å². The summed E-state index contributed by atoms with van der Waals surface area (Å²) >= 11 is 0. The van der Waals surface area contributed by atoms with E-state index in [1.54, 1.807) is 14.0 Å². The lowest BCUT2D eigenvalue weighted by atomic mass is 9.97. The number of rotatable bonds is 9. The fraction of sp³-hybridized carbons (Fsp3) is 0.435. The van der Waals surface area contributed by atoms with E-state index in [-0.39, 0.29) is 24.5 Å². The van der Waals surface area contributed by atoms with E-state index in [9.17, 15) is 9.59 Å². The smallest absolute Gasteiger partial charge is 0.227 e. The van der Waals surface area contributed by atoms with Crippen LogP contribution in [0, 0.1) is 6.92 Å². The Hall–Kier alpha value is -2.89. The summed E-state index contributed by atoms with van der Waals surface area (Å²) in [6.07, 6.45) is 7.84. The molecule has 1 heterocycles. The van der Waals surface area contributed by atoms with Gasteiger partial charge in [0.1, 0.15) is 17.3 Å². The van der Waals surface area contributed by atoms with Gasteiger partial charge in [0.05, 0.1) is 25.6 Å². The number of ketones is 1. The number of hydrogen-bond acceptors (Lipinski definition) is 5. The van der Waals surface area contributed by atoms with Gasteiger partial charge in [-0.2, -0.15) is 0 Å². The molecule has 0 atom stereocenters. The highest BCUT2D eigenvalue weighted by molar-refractivity contribution is 5.98.